The predicted molar refractivity (Wildman–Crippen MR) is 162 cm³/mol. The number of methoxy groups -OCH3 is 1. The molecule has 0 heterocycles. The first-order chi connectivity index (χ1) is 20.0. The van der Waals surface area contributed by atoms with E-state index in [1.807, 2.05) is 68.4 Å². The van der Waals surface area contributed by atoms with Crippen LogP contribution in [0.1, 0.15) is 23.1 Å². The number of carboxylic acids is 1. The molecule has 0 aliphatic heterocycles. The minimum atomic E-state index is -1.01. The van der Waals surface area contributed by atoms with Crippen molar-refractivity contribution in [3.63, 3.8) is 0 Å². The van der Waals surface area contributed by atoms with Gasteiger partial charge in [-0.3, -0.25) is 14.4 Å². The molecule has 0 bridgehead atoms. The molecule has 0 spiro atoms. The summed E-state index contributed by atoms with van der Waals surface area (Å²) in [7, 11) is 5.31. The van der Waals surface area contributed by atoms with Crippen molar-refractivity contribution in [3.05, 3.63) is 83.4 Å². The van der Waals surface area contributed by atoms with E-state index in [-0.39, 0.29) is 32.5 Å². The molecule has 0 saturated carbocycles. The molecule has 222 valence electrons. The summed E-state index contributed by atoms with van der Waals surface area (Å²) in [4.78, 5) is 52.6. The van der Waals surface area contributed by atoms with Crippen molar-refractivity contribution in [2.24, 2.45) is 0 Å². The first kappa shape index (κ1) is 31.5. The third kappa shape index (κ3) is 9.54. The number of urea groups is 1. The number of benzene rings is 3. The number of aliphatic carboxylic acids is 1. The Morgan fingerprint density at radius 2 is 1.55 bits per heavy atom. The monoisotopic (exact) mass is 575 g/mol. The number of para-hydroxylation sites is 1. The van der Waals surface area contributed by atoms with Crippen LogP contribution in [0, 0.1) is 6.92 Å². The van der Waals surface area contributed by atoms with Gasteiger partial charge in [0, 0.05) is 38.6 Å². The predicted octanol–water partition coefficient (Wildman–Crippen LogP) is 3.88. The van der Waals surface area contributed by atoms with Gasteiger partial charge in [-0.25, -0.2) is 4.79 Å². The SMILES string of the molecule is COc1cc(CC(=O)NCC(=O)N(CCC(=O)O)Cc2ccc(N(C)C)cc2)ccc1NC(=O)Nc1ccccc1C. The van der Waals surface area contributed by atoms with Gasteiger partial charge in [-0.2, -0.15) is 0 Å². The van der Waals surface area contributed by atoms with Crippen LogP contribution in [0.5, 0.6) is 5.75 Å². The summed E-state index contributed by atoms with van der Waals surface area (Å²) in [6, 6.07) is 19.5. The number of aryl methyl sites for hydroxylation is 1. The number of nitrogens with zero attached hydrogens (tertiary/aromatic N) is 2. The summed E-state index contributed by atoms with van der Waals surface area (Å²) >= 11 is 0. The maximum absolute atomic E-state index is 12.9. The zero-order valence-electron chi connectivity index (χ0n) is 24.3. The molecule has 0 atom stereocenters. The van der Waals surface area contributed by atoms with Gasteiger partial charge in [0.1, 0.15) is 5.75 Å². The Bertz CT molecular complexity index is 1410. The standard InChI is InChI=1S/C31H37N5O6/c1-21-7-5-6-8-25(21)33-31(41)34-26-14-11-23(17-27(26)42-4)18-28(37)32-19-29(38)36(16-15-30(39)40)20-22-9-12-24(13-10-22)35(2)3/h5-14,17H,15-16,18-20H2,1-4H3,(H,32,37)(H,39,40)(H2,33,34,41). The number of hydrogen-bond acceptors (Lipinski definition) is 6. The second-order valence-corrected chi connectivity index (χ2v) is 9.90. The zero-order valence-corrected chi connectivity index (χ0v) is 24.3. The number of carboxylic acid groups (broad SMARTS) is 1. The second-order valence-electron chi connectivity index (χ2n) is 9.90. The minimum Gasteiger partial charge on any atom is -0.495 e. The van der Waals surface area contributed by atoms with Gasteiger partial charge in [0.25, 0.3) is 0 Å². The maximum Gasteiger partial charge on any atom is 0.323 e. The highest BCUT2D eigenvalue weighted by atomic mass is 16.5. The van der Waals surface area contributed by atoms with E-state index in [1.54, 1.807) is 24.3 Å². The summed E-state index contributed by atoms with van der Waals surface area (Å²) in [5, 5.41) is 17.3. The Hall–Kier alpha value is -5.06. The van der Waals surface area contributed by atoms with Gasteiger partial charge in [0.2, 0.25) is 11.8 Å². The summed E-state index contributed by atoms with van der Waals surface area (Å²) < 4.78 is 5.41. The second kappa shape index (κ2) is 15.1. The molecular weight excluding hydrogens is 538 g/mol. The lowest BCUT2D eigenvalue weighted by Crippen LogP contribution is -2.41. The molecule has 42 heavy (non-hydrogen) atoms. The molecule has 0 aliphatic carbocycles. The van der Waals surface area contributed by atoms with Crippen LogP contribution in [0.4, 0.5) is 21.9 Å². The van der Waals surface area contributed by atoms with E-state index >= 15 is 0 Å². The van der Waals surface area contributed by atoms with Crippen LogP contribution in [-0.2, 0) is 27.3 Å². The molecule has 11 heteroatoms. The zero-order chi connectivity index (χ0) is 30.6. The molecule has 11 nitrogen and oxygen atoms in total. The summed E-state index contributed by atoms with van der Waals surface area (Å²) in [5.41, 5.74) is 4.49. The topological polar surface area (TPSA) is 140 Å². The van der Waals surface area contributed by atoms with Crippen LogP contribution in [-0.4, -0.2) is 68.1 Å². The number of amides is 4. The van der Waals surface area contributed by atoms with Crippen LogP contribution in [0.15, 0.2) is 66.7 Å². The molecule has 4 amide bonds. The molecule has 0 aliphatic rings. The molecule has 0 unspecified atom stereocenters. The van der Waals surface area contributed by atoms with Crippen molar-refractivity contribution in [2.75, 3.05) is 49.8 Å². The minimum absolute atomic E-state index is 0.0164. The molecule has 0 fully saturated rings. The molecule has 0 aromatic heterocycles. The number of nitrogens with one attached hydrogen (secondary N) is 3. The van der Waals surface area contributed by atoms with Crippen molar-refractivity contribution < 1.29 is 29.0 Å². The Balaban J connectivity index is 1.57. The fourth-order valence-electron chi connectivity index (χ4n) is 4.11. The Labute approximate surface area is 245 Å². The van der Waals surface area contributed by atoms with Gasteiger partial charge in [0.05, 0.1) is 32.2 Å². The Morgan fingerprint density at radius 3 is 2.19 bits per heavy atom. The first-order valence-corrected chi connectivity index (χ1v) is 13.4. The van der Waals surface area contributed by atoms with Crippen molar-refractivity contribution in [2.45, 2.75) is 26.3 Å². The van der Waals surface area contributed by atoms with E-state index in [4.69, 9.17) is 9.84 Å². The van der Waals surface area contributed by atoms with Crippen molar-refractivity contribution in [1.82, 2.24) is 10.2 Å². The van der Waals surface area contributed by atoms with E-state index in [1.165, 1.54) is 12.0 Å². The molecular formula is C31H37N5O6. The van der Waals surface area contributed by atoms with E-state index < -0.39 is 23.8 Å². The van der Waals surface area contributed by atoms with Crippen LogP contribution in [0.25, 0.3) is 0 Å². The third-order valence-electron chi connectivity index (χ3n) is 6.48. The first-order valence-electron chi connectivity index (χ1n) is 13.4. The van der Waals surface area contributed by atoms with E-state index in [2.05, 4.69) is 16.0 Å². The Kier molecular flexibility index (Phi) is 11.3. The number of carbonyl (C=O) groups excluding carboxylic acids is 3. The van der Waals surface area contributed by atoms with Gasteiger partial charge in [0.15, 0.2) is 0 Å². The van der Waals surface area contributed by atoms with Crippen LogP contribution >= 0.6 is 0 Å². The van der Waals surface area contributed by atoms with Crippen molar-refractivity contribution >= 4 is 40.9 Å². The number of rotatable bonds is 13. The molecule has 3 aromatic carbocycles. The van der Waals surface area contributed by atoms with Crippen molar-refractivity contribution in [3.8, 4) is 5.75 Å². The number of ether oxygens (including phenoxy) is 1. The van der Waals surface area contributed by atoms with Crippen LogP contribution in [0.3, 0.4) is 0 Å². The third-order valence-corrected chi connectivity index (χ3v) is 6.48. The lowest BCUT2D eigenvalue weighted by Gasteiger charge is -2.23. The molecule has 0 radical (unpaired) electrons. The van der Waals surface area contributed by atoms with Gasteiger partial charge in [-0.1, -0.05) is 36.4 Å². The van der Waals surface area contributed by atoms with Crippen LogP contribution < -0.4 is 25.6 Å². The lowest BCUT2D eigenvalue weighted by molar-refractivity contribution is -0.139. The van der Waals surface area contributed by atoms with Gasteiger partial charge in [-0.15, -0.1) is 0 Å². The summed E-state index contributed by atoms with van der Waals surface area (Å²) in [6.07, 6.45) is -0.237. The fraction of sp³-hybridized carbons (Fsp3) is 0.290. The van der Waals surface area contributed by atoms with Crippen LogP contribution in [0.2, 0.25) is 0 Å². The Morgan fingerprint density at radius 1 is 0.881 bits per heavy atom. The number of hydrogen-bond donors (Lipinski definition) is 4. The molecule has 0 saturated heterocycles. The quantitative estimate of drug-likeness (QED) is 0.243. The van der Waals surface area contributed by atoms with E-state index in [9.17, 15) is 19.2 Å². The normalized spacial score (nSPS) is 10.4. The molecule has 3 aromatic rings. The van der Waals surface area contributed by atoms with Gasteiger partial charge < -0.3 is 35.6 Å². The van der Waals surface area contributed by atoms with Gasteiger partial charge in [-0.05, 0) is 53.9 Å². The summed E-state index contributed by atoms with van der Waals surface area (Å²) in [6.45, 7) is 1.85. The average Bonchev–Trinajstić information content (AvgIpc) is 2.96. The smallest absolute Gasteiger partial charge is 0.323 e. The fourth-order valence-corrected chi connectivity index (χ4v) is 4.11. The summed E-state index contributed by atoms with van der Waals surface area (Å²) in [5.74, 6) is -1.43. The van der Waals surface area contributed by atoms with E-state index in [0.717, 1.165) is 16.8 Å². The van der Waals surface area contributed by atoms with E-state index in [0.29, 0.717) is 22.7 Å². The maximum atomic E-state index is 12.9. The van der Waals surface area contributed by atoms with Crippen molar-refractivity contribution in [1.29, 1.82) is 0 Å². The highest BCUT2D eigenvalue weighted by molar-refractivity contribution is 6.01. The highest BCUT2D eigenvalue weighted by Crippen LogP contribution is 2.26. The molecule has 3 rings (SSSR count). The molecule has 4 N–H and O–H groups in total. The number of anilines is 3. The largest absolute Gasteiger partial charge is 0.495 e. The number of carbonyl (C=O) groups is 4. The lowest BCUT2D eigenvalue weighted by atomic mass is 10.1. The van der Waals surface area contributed by atoms with Gasteiger partial charge >= 0.3 is 12.0 Å². The highest BCUT2D eigenvalue weighted by Gasteiger charge is 2.17. The average molecular weight is 576 g/mol.